The van der Waals surface area contributed by atoms with E-state index in [-0.39, 0.29) is 5.54 Å². The van der Waals surface area contributed by atoms with Crippen molar-refractivity contribution in [1.82, 2.24) is 20.1 Å². The normalized spacial score (nSPS) is 23.9. The first-order valence-electron chi connectivity index (χ1n) is 6.64. The Morgan fingerprint density at radius 3 is 3.11 bits per heavy atom. The molecule has 3 heterocycles. The molecule has 19 heavy (non-hydrogen) atoms. The maximum Gasteiger partial charge on any atom is 0.157 e. The molecule has 2 fully saturated rings. The molecular formula is C12H19N5OS. The molecule has 0 aliphatic carbocycles. The lowest BCUT2D eigenvalue weighted by Gasteiger charge is -2.32. The van der Waals surface area contributed by atoms with Gasteiger partial charge < -0.3 is 10.1 Å². The largest absolute Gasteiger partial charge is 0.381 e. The summed E-state index contributed by atoms with van der Waals surface area (Å²) in [6, 6.07) is 0. The Balaban J connectivity index is 1.51. The van der Waals surface area contributed by atoms with E-state index < -0.39 is 0 Å². The number of rotatable bonds is 3. The molecule has 1 N–H and O–H groups in total. The van der Waals surface area contributed by atoms with Gasteiger partial charge >= 0.3 is 0 Å². The standard InChI is InChI=1S/C12H19N5OS/c1-17-9-14-10(16-17)2-5-13-11-15-12(8-19-11)3-6-18-7-4-12/h9H,2-8H2,1H3,(H,13,15). The van der Waals surface area contributed by atoms with Crippen LogP contribution in [0.2, 0.25) is 0 Å². The van der Waals surface area contributed by atoms with Crippen LogP contribution in [0.25, 0.3) is 0 Å². The number of hydrogen-bond acceptors (Lipinski definition) is 5. The van der Waals surface area contributed by atoms with Crippen molar-refractivity contribution in [2.24, 2.45) is 12.0 Å². The minimum atomic E-state index is 0.227. The SMILES string of the molecule is Cn1cnc(CCN=C2NC3(CCOCC3)CS2)n1. The summed E-state index contributed by atoms with van der Waals surface area (Å²) in [5.74, 6) is 1.97. The number of nitrogens with one attached hydrogen (secondary N) is 1. The average Bonchev–Trinajstić information content (AvgIpc) is 2.99. The van der Waals surface area contributed by atoms with E-state index in [1.165, 1.54) is 0 Å². The van der Waals surface area contributed by atoms with Crippen LogP contribution in [0.5, 0.6) is 0 Å². The van der Waals surface area contributed by atoms with Gasteiger partial charge in [-0.3, -0.25) is 9.67 Å². The topological polar surface area (TPSA) is 64.3 Å². The number of thioether (sulfide) groups is 1. The molecule has 2 aliphatic rings. The van der Waals surface area contributed by atoms with Gasteiger partial charge in [0.1, 0.15) is 6.33 Å². The monoisotopic (exact) mass is 281 g/mol. The Hall–Kier alpha value is -1.08. The summed E-state index contributed by atoms with van der Waals surface area (Å²) in [6.07, 6.45) is 4.69. The second-order valence-electron chi connectivity index (χ2n) is 5.08. The fourth-order valence-corrected chi connectivity index (χ4v) is 3.62. The van der Waals surface area contributed by atoms with Crippen molar-refractivity contribution in [1.29, 1.82) is 0 Å². The highest BCUT2D eigenvalue weighted by atomic mass is 32.2. The van der Waals surface area contributed by atoms with Gasteiger partial charge in [-0.05, 0) is 12.8 Å². The van der Waals surface area contributed by atoms with Gasteiger partial charge in [0, 0.05) is 39.0 Å². The quantitative estimate of drug-likeness (QED) is 0.879. The van der Waals surface area contributed by atoms with Crippen LogP contribution in [0.4, 0.5) is 0 Å². The van der Waals surface area contributed by atoms with Crippen LogP contribution in [-0.2, 0) is 18.2 Å². The third-order valence-electron chi connectivity index (χ3n) is 3.55. The number of nitrogens with zero attached hydrogens (tertiary/aromatic N) is 4. The third-order valence-corrected chi connectivity index (χ3v) is 4.75. The van der Waals surface area contributed by atoms with E-state index in [9.17, 15) is 0 Å². The second-order valence-corrected chi connectivity index (χ2v) is 6.04. The molecule has 7 heteroatoms. The smallest absolute Gasteiger partial charge is 0.157 e. The molecule has 0 unspecified atom stereocenters. The van der Waals surface area contributed by atoms with Crippen LogP contribution in [0.1, 0.15) is 18.7 Å². The fourth-order valence-electron chi connectivity index (χ4n) is 2.38. The van der Waals surface area contributed by atoms with Gasteiger partial charge in [0.05, 0.1) is 5.54 Å². The van der Waals surface area contributed by atoms with Gasteiger partial charge in [0.2, 0.25) is 0 Å². The van der Waals surface area contributed by atoms with Crippen molar-refractivity contribution in [2.45, 2.75) is 24.8 Å². The zero-order chi connectivity index (χ0) is 13.1. The number of aliphatic imine (C=N–C) groups is 1. The lowest BCUT2D eigenvalue weighted by Crippen LogP contribution is -2.48. The van der Waals surface area contributed by atoms with Crippen LogP contribution in [-0.4, -0.2) is 51.0 Å². The van der Waals surface area contributed by atoms with E-state index in [2.05, 4.69) is 20.4 Å². The van der Waals surface area contributed by atoms with Crippen LogP contribution >= 0.6 is 11.8 Å². The van der Waals surface area contributed by atoms with Gasteiger partial charge in [0.15, 0.2) is 11.0 Å². The molecule has 2 aliphatic heterocycles. The van der Waals surface area contributed by atoms with E-state index in [4.69, 9.17) is 4.74 Å². The van der Waals surface area contributed by atoms with Crippen molar-refractivity contribution in [2.75, 3.05) is 25.5 Å². The first-order valence-corrected chi connectivity index (χ1v) is 7.62. The number of aryl methyl sites for hydroxylation is 1. The molecule has 0 aromatic carbocycles. The number of amidine groups is 1. The molecule has 0 bridgehead atoms. The molecule has 0 amide bonds. The van der Waals surface area contributed by atoms with Gasteiger partial charge in [-0.25, -0.2) is 4.98 Å². The molecule has 0 atom stereocenters. The van der Waals surface area contributed by atoms with E-state index in [1.807, 2.05) is 18.8 Å². The highest BCUT2D eigenvalue weighted by molar-refractivity contribution is 8.14. The maximum atomic E-state index is 5.42. The molecule has 1 aromatic rings. The zero-order valence-electron chi connectivity index (χ0n) is 11.1. The summed E-state index contributed by atoms with van der Waals surface area (Å²) >= 11 is 1.83. The zero-order valence-corrected chi connectivity index (χ0v) is 11.9. The molecule has 2 saturated heterocycles. The van der Waals surface area contributed by atoms with Crippen molar-refractivity contribution in [3.8, 4) is 0 Å². The minimum absolute atomic E-state index is 0.227. The minimum Gasteiger partial charge on any atom is -0.381 e. The van der Waals surface area contributed by atoms with Crippen LogP contribution in [0.15, 0.2) is 11.3 Å². The molecule has 1 aromatic heterocycles. The van der Waals surface area contributed by atoms with E-state index in [0.717, 1.165) is 55.8 Å². The summed E-state index contributed by atoms with van der Waals surface area (Å²) in [7, 11) is 1.88. The van der Waals surface area contributed by atoms with Gasteiger partial charge in [-0.2, -0.15) is 5.10 Å². The fraction of sp³-hybridized carbons (Fsp3) is 0.750. The molecule has 6 nitrogen and oxygen atoms in total. The van der Waals surface area contributed by atoms with E-state index in [1.54, 1.807) is 11.0 Å². The van der Waals surface area contributed by atoms with Gasteiger partial charge in [-0.15, -0.1) is 0 Å². The summed E-state index contributed by atoms with van der Waals surface area (Å²) in [6.45, 7) is 2.46. The summed E-state index contributed by atoms with van der Waals surface area (Å²) in [4.78, 5) is 8.82. The molecular weight excluding hydrogens is 262 g/mol. The predicted octanol–water partition coefficient (Wildman–Crippen LogP) is 0.599. The molecule has 0 radical (unpaired) electrons. The summed E-state index contributed by atoms with van der Waals surface area (Å²) in [5.41, 5.74) is 0.227. The summed E-state index contributed by atoms with van der Waals surface area (Å²) in [5, 5.41) is 8.90. The van der Waals surface area contributed by atoms with Crippen LogP contribution in [0.3, 0.4) is 0 Å². The van der Waals surface area contributed by atoms with Crippen molar-refractivity contribution < 1.29 is 4.74 Å². The lowest BCUT2D eigenvalue weighted by molar-refractivity contribution is 0.0555. The first-order chi connectivity index (χ1) is 9.26. The highest BCUT2D eigenvalue weighted by Gasteiger charge is 2.38. The highest BCUT2D eigenvalue weighted by Crippen LogP contribution is 2.31. The third kappa shape index (κ3) is 3.09. The Labute approximate surface area is 117 Å². The van der Waals surface area contributed by atoms with Crippen molar-refractivity contribution >= 4 is 16.9 Å². The molecule has 104 valence electrons. The van der Waals surface area contributed by atoms with E-state index in [0.29, 0.717) is 0 Å². The Morgan fingerprint density at radius 2 is 2.37 bits per heavy atom. The van der Waals surface area contributed by atoms with Crippen LogP contribution < -0.4 is 5.32 Å². The average molecular weight is 281 g/mol. The van der Waals surface area contributed by atoms with Gasteiger partial charge in [0.25, 0.3) is 0 Å². The van der Waals surface area contributed by atoms with E-state index >= 15 is 0 Å². The Bertz CT molecular complexity index is 466. The summed E-state index contributed by atoms with van der Waals surface area (Å²) < 4.78 is 7.15. The Kier molecular flexibility index (Phi) is 3.74. The molecule has 1 spiro atoms. The second kappa shape index (κ2) is 5.50. The maximum absolute atomic E-state index is 5.42. The molecule has 0 saturated carbocycles. The lowest BCUT2D eigenvalue weighted by atomic mass is 9.93. The number of ether oxygens (including phenoxy) is 1. The Morgan fingerprint density at radius 1 is 1.53 bits per heavy atom. The first kappa shape index (κ1) is 12.9. The van der Waals surface area contributed by atoms with Gasteiger partial charge in [-0.1, -0.05) is 11.8 Å². The predicted molar refractivity (Wildman–Crippen MR) is 75.4 cm³/mol. The van der Waals surface area contributed by atoms with Crippen molar-refractivity contribution in [3.05, 3.63) is 12.2 Å². The van der Waals surface area contributed by atoms with Crippen molar-refractivity contribution in [3.63, 3.8) is 0 Å². The van der Waals surface area contributed by atoms with Crippen LogP contribution in [0, 0.1) is 0 Å². The molecule has 3 rings (SSSR count). The number of aromatic nitrogens is 3. The number of hydrogen-bond donors (Lipinski definition) is 1.